The predicted molar refractivity (Wildman–Crippen MR) is 87.7 cm³/mol. The molecule has 116 valence electrons. The lowest BCUT2D eigenvalue weighted by atomic mass is 10.0. The first kappa shape index (κ1) is 16.0. The van der Waals surface area contributed by atoms with Gasteiger partial charge in [0.2, 0.25) is 0 Å². The second-order valence-electron chi connectivity index (χ2n) is 5.45. The van der Waals surface area contributed by atoms with Crippen LogP contribution in [0, 0.1) is 0 Å². The van der Waals surface area contributed by atoms with Gasteiger partial charge < -0.3 is 14.6 Å². The van der Waals surface area contributed by atoms with Crippen molar-refractivity contribution in [1.82, 2.24) is 14.9 Å². The zero-order valence-electron chi connectivity index (χ0n) is 13.6. The van der Waals surface area contributed by atoms with Gasteiger partial charge in [0, 0.05) is 26.1 Å². The molecule has 0 saturated heterocycles. The molecule has 0 saturated carbocycles. The maximum absolute atomic E-state index is 5.60. The summed E-state index contributed by atoms with van der Waals surface area (Å²) in [7, 11) is 3.78. The van der Waals surface area contributed by atoms with Gasteiger partial charge in [0.1, 0.15) is 5.82 Å². The summed E-state index contributed by atoms with van der Waals surface area (Å²) in [5, 5.41) is 3.39. The molecule has 2 aromatic rings. The van der Waals surface area contributed by atoms with Gasteiger partial charge in [-0.25, -0.2) is 4.98 Å². The van der Waals surface area contributed by atoms with Crippen molar-refractivity contribution in [1.29, 1.82) is 0 Å². The van der Waals surface area contributed by atoms with E-state index in [1.54, 1.807) is 7.11 Å². The van der Waals surface area contributed by atoms with E-state index in [4.69, 9.17) is 9.72 Å². The number of para-hydroxylation sites is 2. The number of nitrogens with one attached hydrogen (secondary N) is 1. The molecule has 0 aliphatic heterocycles. The highest BCUT2D eigenvalue weighted by Crippen LogP contribution is 2.19. The van der Waals surface area contributed by atoms with Gasteiger partial charge in [-0.3, -0.25) is 0 Å². The molecule has 21 heavy (non-hydrogen) atoms. The van der Waals surface area contributed by atoms with Gasteiger partial charge in [-0.05, 0) is 32.0 Å². The Kier molecular flexibility index (Phi) is 5.76. The third kappa shape index (κ3) is 3.44. The van der Waals surface area contributed by atoms with Crippen molar-refractivity contribution >= 4 is 11.0 Å². The second kappa shape index (κ2) is 7.57. The van der Waals surface area contributed by atoms with Crippen LogP contribution >= 0.6 is 0 Å². The summed E-state index contributed by atoms with van der Waals surface area (Å²) in [6, 6.07) is 8.66. The van der Waals surface area contributed by atoms with Crippen molar-refractivity contribution in [2.75, 3.05) is 14.2 Å². The van der Waals surface area contributed by atoms with Crippen LogP contribution < -0.4 is 5.32 Å². The Labute approximate surface area is 127 Å². The molecule has 0 amide bonds. The molecule has 2 rings (SSSR count). The molecule has 1 aromatic heterocycles. The third-order valence-corrected chi connectivity index (χ3v) is 4.11. The number of imidazole rings is 1. The van der Waals surface area contributed by atoms with Crippen LogP contribution in [0.25, 0.3) is 11.0 Å². The van der Waals surface area contributed by atoms with Crippen molar-refractivity contribution in [3.05, 3.63) is 30.1 Å². The molecule has 0 spiro atoms. The van der Waals surface area contributed by atoms with E-state index in [2.05, 4.69) is 48.0 Å². The number of ether oxygens (including phenoxy) is 1. The van der Waals surface area contributed by atoms with E-state index in [1.807, 2.05) is 7.05 Å². The summed E-state index contributed by atoms with van der Waals surface area (Å²) < 4.78 is 7.95. The fourth-order valence-corrected chi connectivity index (χ4v) is 2.99. The monoisotopic (exact) mass is 289 g/mol. The Morgan fingerprint density at radius 2 is 2.05 bits per heavy atom. The van der Waals surface area contributed by atoms with E-state index in [0.717, 1.165) is 37.1 Å². The molecule has 4 nitrogen and oxygen atoms in total. The number of aromatic nitrogens is 2. The highest BCUT2D eigenvalue weighted by Gasteiger charge is 2.21. The maximum atomic E-state index is 5.60. The first-order valence-electron chi connectivity index (χ1n) is 7.89. The quantitative estimate of drug-likeness (QED) is 0.812. The van der Waals surface area contributed by atoms with Crippen LogP contribution in [0.1, 0.15) is 32.5 Å². The van der Waals surface area contributed by atoms with Crippen LogP contribution in [0.4, 0.5) is 0 Å². The Bertz CT molecular complexity index is 560. The fraction of sp³-hybridized carbons (Fsp3) is 0.588. The molecular weight excluding hydrogens is 262 g/mol. The number of benzene rings is 1. The van der Waals surface area contributed by atoms with Crippen LogP contribution in [0.2, 0.25) is 0 Å². The normalized spacial score (nSPS) is 14.5. The zero-order valence-corrected chi connectivity index (χ0v) is 13.6. The first-order chi connectivity index (χ1) is 10.2. The van der Waals surface area contributed by atoms with Crippen molar-refractivity contribution in [2.24, 2.45) is 0 Å². The number of hydrogen-bond acceptors (Lipinski definition) is 3. The van der Waals surface area contributed by atoms with E-state index < -0.39 is 0 Å². The minimum absolute atomic E-state index is 0.213. The molecule has 0 bridgehead atoms. The Morgan fingerprint density at radius 3 is 2.67 bits per heavy atom. The minimum Gasteiger partial charge on any atom is -0.380 e. The van der Waals surface area contributed by atoms with Crippen molar-refractivity contribution in [3.63, 3.8) is 0 Å². The van der Waals surface area contributed by atoms with Gasteiger partial charge in [-0.2, -0.15) is 0 Å². The van der Waals surface area contributed by atoms with Gasteiger partial charge in [0.25, 0.3) is 0 Å². The first-order valence-corrected chi connectivity index (χ1v) is 7.89. The number of hydrogen-bond donors (Lipinski definition) is 1. The van der Waals surface area contributed by atoms with E-state index in [1.165, 1.54) is 5.52 Å². The van der Waals surface area contributed by atoms with E-state index in [0.29, 0.717) is 0 Å². The van der Waals surface area contributed by atoms with Gasteiger partial charge >= 0.3 is 0 Å². The predicted octanol–water partition coefficient (Wildman–Crippen LogP) is 3.00. The summed E-state index contributed by atoms with van der Waals surface area (Å²) in [6.07, 6.45) is 3.21. The minimum atomic E-state index is 0.213. The van der Waals surface area contributed by atoms with Gasteiger partial charge in [-0.1, -0.05) is 26.0 Å². The molecule has 0 aliphatic rings. The average Bonchev–Trinajstić information content (AvgIpc) is 2.85. The summed E-state index contributed by atoms with van der Waals surface area (Å²) >= 11 is 0. The zero-order chi connectivity index (χ0) is 15.2. The summed E-state index contributed by atoms with van der Waals surface area (Å²) in [5.41, 5.74) is 2.32. The standard InChI is InChI=1S/C17H27N3O/c1-5-11-20-15-10-8-7-9-13(15)19-17(20)12-14(18-3)16(6-2)21-4/h7-10,14,16,18H,5-6,11-12H2,1-4H3. The number of likely N-dealkylation sites (N-methyl/N-ethyl adjacent to an activating group) is 1. The molecule has 0 aliphatic carbocycles. The van der Waals surface area contributed by atoms with Crippen molar-refractivity contribution < 1.29 is 4.74 Å². The topological polar surface area (TPSA) is 39.1 Å². The number of nitrogens with zero attached hydrogens (tertiary/aromatic N) is 2. The van der Waals surface area contributed by atoms with Crippen LogP contribution in [0.15, 0.2) is 24.3 Å². The van der Waals surface area contributed by atoms with E-state index in [-0.39, 0.29) is 12.1 Å². The maximum Gasteiger partial charge on any atom is 0.111 e. The van der Waals surface area contributed by atoms with Gasteiger partial charge in [-0.15, -0.1) is 0 Å². The smallest absolute Gasteiger partial charge is 0.111 e. The second-order valence-corrected chi connectivity index (χ2v) is 5.45. The molecule has 1 aromatic carbocycles. The highest BCUT2D eigenvalue weighted by molar-refractivity contribution is 5.75. The molecular formula is C17H27N3O. The van der Waals surface area contributed by atoms with E-state index in [9.17, 15) is 0 Å². The third-order valence-electron chi connectivity index (χ3n) is 4.11. The molecule has 1 heterocycles. The SMILES string of the molecule is CCCn1c(CC(NC)C(CC)OC)nc2ccccc21. The number of methoxy groups -OCH3 is 1. The van der Waals surface area contributed by atoms with Crippen molar-refractivity contribution in [3.8, 4) is 0 Å². The Balaban J connectivity index is 2.33. The molecule has 1 N–H and O–H groups in total. The molecule has 0 fully saturated rings. The number of rotatable bonds is 8. The highest BCUT2D eigenvalue weighted by atomic mass is 16.5. The summed E-state index contributed by atoms with van der Waals surface area (Å²) in [4.78, 5) is 4.84. The van der Waals surface area contributed by atoms with Crippen molar-refractivity contribution in [2.45, 2.75) is 51.8 Å². The lowest BCUT2D eigenvalue weighted by Crippen LogP contribution is -2.40. The number of fused-ring (bicyclic) bond motifs is 1. The van der Waals surface area contributed by atoms with Crippen LogP contribution in [0.5, 0.6) is 0 Å². The fourth-order valence-electron chi connectivity index (χ4n) is 2.99. The lowest BCUT2D eigenvalue weighted by molar-refractivity contribution is 0.0669. The van der Waals surface area contributed by atoms with Crippen LogP contribution in [-0.2, 0) is 17.7 Å². The summed E-state index contributed by atoms with van der Waals surface area (Å²) in [5.74, 6) is 1.15. The van der Waals surface area contributed by atoms with Gasteiger partial charge in [0.15, 0.2) is 0 Å². The lowest BCUT2D eigenvalue weighted by Gasteiger charge is -2.24. The van der Waals surface area contributed by atoms with Crippen LogP contribution in [-0.4, -0.2) is 35.9 Å². The summed E-state index contributed by atoms with van der Waals surface area (Å²) in [6.45, 7) is 5.38. The molecule has 2 unspecified atom stereocenters. The van der Waals surface area contributed by atoms with Crippen LogP contribution in [0.3, 0.4) is 0 Å². The molecule has 2 atom stereocenters. The Hall–Kier alpha value is -1.39. The average molecular weight is 289 g/mol. The Morgan fingerprint density at radius 1 is 1.29 bits per heavy atom. The molecule has 0 radical (unpaired) electrons. The van der Waals surface area contributed by atoms with Gasteiger partial charge in [0.05, 0.1) is 17.1 Å². The molecule has 4 heteroatoms. The van der Waals surface area contributed by atoms with E-state index >= 15 is 0 Å². The number of aryl methyl sites for hydroxylation is 1. The largest absolute Gasteiger partial charge is 0.380 e.